The van der Waals surface area contributed by atoms with Crippen LogP contribution in [0.25, 0.3) is 16.9 Å². The molecule has 1 aliphatic heterocycles. The summed E-state index contributed by atoms with van der Waals surface area (Å²) in [7, 11) is 0.126. The van der Waals surface area contributed by atoms with Crippen LogP contribution < -0.4 is 14.8 Å². The minimum atomic E-state index is -3.08. The van der Waals surface area contributed by atoms with Gasteiger partial charge in [-0.05, 0) is 43.7 Å². The van der Waals surface area contributed by atoms with Gasteiger partial charge in [0.05, 0.1) is 31.2 Å². The van der Waals surface area contributed by atoms with Gasteiger partial charge in [0, 0.05) is 74.5 Å². The Kier molecular flexibility index (Phi) is 8.04. The van der Waals surface area contributed by atoms with Crippen molar-refractivity contribution >= 4 is 33.0 Å². The molecule has 9 nitrogen and oxygen atoms in total. The molecule has 1 aromatic carbocycles. The number of halogens is 1. The van der Waals surface area contributed by atoms with Crippen molar-refractivity contribution < 1.29 is 17.9 Å². The van der Waals surface area contributed by atoms with Gasteiger partial charge >= 0.3 is 0 Å². The topological polar surface area (TPSA) is 88.4 Å². The fourth-order valence-electron chi connectivity index (χ4n) is 5.60. The number of anilines is 1. The normalized spacial score (nSPS) is 21.5. The van der Waals surface area contributed by atoms with E-state index in [1.165, 1.54) is 19.1 Å². The zero-order chi connectivity index (χ0) is 26.9. The lowest BCUT2D eigenvalue weighted by Crippen LogP contribution is -2.49. The second-order valence-corrected chi connectivity index (χ2v) is 12.7. The molecule has 2 aromatic heterocycles. The smallest absolute Gasteiger partial charge is 0.211 e. The molecule has 1 saturated carbocycles. The lowest BCUT2D eigenvalue weighted by Gasteiger charge is -2.37. The second kappa shape index (κ2) is 11.3. The molecule has 11 heteroatoms. The average molecular weight is 562 g/mol. The van der Waals surface area contributed by atoms with Gasteiger partial charge < -0.3 is 24.1 Å². The number of rotatable bonds is 8. The number of nitrogens with one attached hydrogen (secondary N) is 1. The van der Waals surface area contributed by atoms with Crippen molar-refractivity contribution in [3.05, 3.63) is 41.7 Å². The Hall–Kier alpha value is -2.53. The molecule has 0 unspecified atom stereocenters. The van der Waals surface area contributed by atoms with E-state index in [4.69, 9.17) is 26.1 Å². The van der Waals surface area contributed by atoms with Crippen LogP contribution in [0.15, 0.2) is 36.7 Å². The van der Waals surface area contributed by atoms with Crippen LogP contribution in [0.4, 0.5) is 5.69 Å². The third-order valence-corrected chi connectivity index (χ3v) is 9.34. The molecular formula is C27H36ClN5O4S. The number of hydrogen-bond acceptors (Lipinski definition) is 7. The molecule has 1 saturated heterocycles. The quantitative estimate of drug-likeness (QED) is 0.440. The first kappa shape index (κ1) is 27.1. The summed E-state index contributed by atoms with van der Waals surface area (Å²) in [4.78, 5) is 7.26. The van der Waals surface area contributed by atoms with E-state index in [9.17, 15) is 8.42 Å². The van der Waals surface area contributed by atoms with E-state index < -0.39 is 10.0 Å². The molecular weight excluding hydrogens is 526 g/mol. The van der Waals surface area contributed by atoms with Crippen LogP contribution in [0.5, 0.6) is 11.5 Å². The summed E-state index contributed by atoms with van der Waals surface area (Å²) >= 11 is 6.38. The van der Waals surface area contributed by atoms with E-state index in [0.29, 0.717) is 41.6 Å². The molecule has 0 amide bonds. The number of methoxy groups -OCH3 is 2. The SMILES string of the molecule is COc1cc(OC)c(-c2cn3ccc(N[C@H]4CC[C@H](CN5CCN(S(C)(=O)=O)CC5)CC4)cc3n2)cc1Cl. The van der Waals surface area contributed by atoms with Crippen LogP contribution in [0.1, 0.15) is 25.7 Å². The third-order valence-electron chi connectivity index (χ3n) is 7.74. The zero-order valence-electron chi connectivity index (χ0n) is 22.2. The number of hydrogen-bond donors (Lipinski definition) is 1. The molecule has 206 valence electrons. The molecule has 1 N–H and O–H groups in total. The molecule has 3 aromatic rings. The van der Waals surface area contributed by atoms with Crippen LogP contribution in [0.3, 0.4) is 0 Å². The standard InChI is InChI=1S/C27H36ClN5O4S/c1-36-25-16-26(37-2)23(28)15-22(25)24-18-32-9-8-21(14-27(32)30-24)29-20-6-4-19(5-7-20)17-31-10-12-33(13-11-31)38(3,34)35/h8-9,14-16,18-20,29H,4-7,10-13,17H2,1-3H3/t19-,20-. The van der Waals surface area contributed by atoms with Gasteiger partial charge in [-0.1, -0.05) is 11.6 Å². The zero-order valence-corrected chi connectivity index (χ0v) is 23.8. The highest BCUT2D eigenvalue weighted by molar-refractivity contribution is 7.88. The Balaban J connectivity index is 1.18. The highest BCUT2D eigenvalue weighted by atomic mass is 35.5. The summed E-state index contributed by atoms with van der Waals surface area (Å²) in [6, 6.07) is 8.20. The number of nitrogens with zero attached hydrogens (tertiary/aromatic N) is 4. The summed E-state index contributed by atoms with van der Waals surface area (Å²) in [6.45, 7) is 3.92. The van der Waals surface area contributed by atoms with Gasteiger partial charge in [-0.15, -0.1) is 0 Å². The van der Waals surface area contributed by atoms with Crippen LogP contribution in [-0.2, 0) is 10.0 Å². The maximum absolute atomic E-state index is 11.7. The Morgan fingerprint density at radius 2 is 1.74 bits per heavy atom. The molecule has 0 atom stereocenters. The summed E-state index contributed by atoms with van der Waals surface area (Å²) < 4.78 is 38.0. The van der Waals surface area contributed by atoms with E-state index >= 15 is 0 Å². The highest BCUT2D eigenvalue weighted by Gasteiger charge is 2.27. The van der Waals surface area contributed by atoms with Crippen molar-refractivity contribution in [1.29, 1.82) is 0 Å². The Labute approximate surface area is 229 Å². The second-order valence-electron chi connectivity index (χ2n) is 10.3. The lowest BCUT2D eigenvalue weighted by atomic mass is 9.85. The van der Waals surface area contributed by atoms with Gasteiger partial charge in [-0.25, -0.2) is 13.4 Å². The third kappa shape index (κ3) is 6.03. The molecule has 0 spiro atoms. The first-order chi connectivity index (χ1) is 18.2. The van der Waals surface area contributed by atoms with Crippen molar-refractivity contribution in [2.24, 2.45) is 5.92 Å². The van der Waals surface area contributed by atoms with Crippen molar-refractivity contribution in [2.45, 2.75) is 31.7 Å². The van der Waals surface area contributed by atoms with Crippen molar-refractivity contribution in [1.82, 2.24) is 18.6 Å². The number of piperazine rings is 1. The molecule has 1 aliphatic carbocycles. The predicted octanol–water partition coefficient (Wildman–Crippen LogP) is 4.22. The first-order valence-corrected chi connectivity index (χ1v) is 15.3. The summed E-state index contributed by atoms with van der Waals surface area (Å²) in [5, 5.41) is 4.22. The van der Waals surface area contributed by atoms with Crippen molar-refractivity contribution in [3.63, 3.8) is 0 Å². The fourth-order valence-corrected chi connectivity index (χ4v) is 6.66. The van der Waals surface area contributed by atoms with Crippen LogP contribution >= 0.6 is 11.6 Å². The number of fused-ring (bicyclic) bond motifs is 1. The number of ether oxygens (including phenoxy) is 2. The summed E-state index contributed by atoms with van der Waals surface area (Å²) in [6.07, 6.45) is 9.90. The molecule has 2 fully saturated rings. The fraction of sp³-hybridized carbons (Fsp3) is 0.519. The van der Waals surface area contributed by atoms with Gasteiger partial charge in [-0.3, -0.25) is 0 Å². The lowest BCUT2D eigenvalue weighted by molar-refractivity contribution is 0.148. The molecule has 2 aliphatic rings. The van der Waals surface area contributed by atoms with Crippen LogP contribution in [0, 0.1) is 5.92 Å². The number of benzene rings is 1. The maximum atomic E-state index is 11.7. The largest absolute Gasteiger partial charge is 0.496 e. The van der Waals surface area contributed by atoms with Gasteiger partial charge in [-0.2, -0.15) is 4.31 Å². The minimum Gasteiger partial charge on any atom is -0.496 e. The van der Waals surface area contributed by atoms with Gasteiger partial charge in [0.25, 0.3) is 0 Å². The molecule has 0 bridgehead atoms. The number of sulfonamides is 1. The Morgan fingerprint density at radius 1 is 1.03 bits per heavy atom. The van der Waals surface area contributed by atoms with Crippen LogP contribution in [0.2, 0.25) is 5.02 Å². The van der Waals surface area contributed by atoms with E-state index in [0.717, 1.165) is 55.1 Å². The highest BCUT2D eigenvalue weighted by Crippen LogP contribution is 2.38. The molecule has 3 heterocycles. The van der Waals surface area contributed by atoms with E-state index in [2.05, 4.69) is 22.3 Å². The van der Waals surface area contributed by atoms with E-state index in [1.54, 1.807) is 24.6 Å². The van der Waals surface area contributed by atoms with Gasteiger partial charge in [0.1, 0.15) is 17.1 Å². The summed E-state index contributed by atoms with van der Waals surface area (Å²) in [5.74, 6) is 1.88. The van der Waals surface area contributed by atoms with Gasteiger partial charge in [0.15, 0.2) is 0 Å². The molecule has 0 radical (unpaired) electrons. The molecule has 38 heavy (non-hydrogen) atoms. The number of pyridine rings is 1. The average Bonchev–Trinajstić information content (AvgIpc) is 3.33. The van der Waals surface area contributed by atoms with E-state index in [1.807, 2.05) is 22.9 Å². The maximum Gasteiger partial charge on any atom is 0.211 e. The first-order valence-electron chi connectivity index (χ1n) is 13.1. The minimum absolute atomic E-state index is 0.436. The number of aromatic nitrogens is 2. The molecule has 5 rings (SSSR count). The Bertz CT molecular complexity index is 1380. The van der Waals surface area contributed by atoms with Crippen molar-refractivity contribution in [2.75, 3.05) is 58.5 Å². The van der Waals surface area contributed by atoms with Crippen LogP contribution in [-0.4, -0.2) is 86.2 Å². The monoisotopic (exact) mass is 561 g/mol. The van der Waals surface area contributed by atoms with E-state index in [-0.39, 0.29) is 0 Å². The van der Waals surface area contributed by atoms with Crippen molar-refractivity contribution in [3.8, 4) is 22.8 Å². The Morgan fingerprint density at radius 3 is 2.39 bits per heavy atom. The summed E-state index contributed by atoms with van der Waals surface area (Å²) in [5.41, 5.74) is 3.50. The van der Waals surface area contributed by atoms with Gasteiger partial charge in [0.2, 0.25) is 10.0 Å². The predicted molar refractivity (Wildman–Crippen MR) is 151 cm³/mol. The number of imidazole rings is 1.